The van der Waals surface area contributed by atoms with Crippen LogP contribution in [-0.2, 0) is 12.8 Å². The molecule has 3 aromatic heterocycles. The van der Waals surface area contributed by atoms with Crippen molar-refractivity contribution < 1.29 is 9.59 Å². The van der Waals surface area contributed by atoms with Crippen LogP contribution in [0.25, 0.3) is 10.7 Å². The molecule has 0 unspecified atom stereocenters. The van der Waals surface area contributed by atoms with Crippen molar-refractivity contribution in [2.45, 2.75) is 46.5 Å². The van der Waals surface area contributed by atoms with E-state index in [1.165, 1.54) is 10.4 Å². The van der Waals surface area contributed by atoms with Crippen molar-refractivity contribution in [1.82, 2.24) is 14.6 Å². The largest absolute Gasteiger partial charge is 0.323 e. The number of nitrogens with one attached hydrogen (secondary N) is 2. The Bertz CT molecular complexity index is 1790. The number of carbonyl (C=O) groups is 2. The molecule has 3 heterocycles. The van der Waals surface area contributed by atoms with Crippen LogP contribution in [0, 0.1) is 20.8 Å². The molecule has 42 heavy (non-hydrogen) atoms. The molecule has 0 saturated carbocycles. The Morgan fingerprint density at radius 2 is 1.64 bits per heavy atom. The number of anilines is 1. The van der Waals surface area contributed by atoms with Gasteiger partial charge in [0, 0.05) is 39.9 Å². The summed E-state index contributed by atoms with van der Waals surface area (Å²) < 4.78 is 4.05. The summed E-state index contributed by atoms with van der Waals surface area (Å²) in [6.45, 7) is 6.10. The van der Waals surface area contributed by atoms with Crippen LogP contribution in [0.5, 0.6) is 0 Å². The van der Waals surface area contributed by atoms with Crippen molar-refractivity contribution in [3.05, 3.63) is 123 Å². The summed E-state index contributed by atoms with van der Waals surface area (Å²) in [4.78, 5) is 28.1. The number of rotatable bonds is 7. The van der Waals surface area contributed by atoms with Crippen LogP contribution < -0.4 is 10.7 Å². The van der Waals surface area contributed by atoms with Crippen molar-refractivity contribution in [2.24, 2.45) is 5.10 Å². The van der Waals surface area contributed by atoms with Crippen molar-refractivity contribution in [2.75, 3.05) is 5.32 Å². The van der Waals surface area contributed by atoms with Crippen LogP contribution in [0.4, 0.5) is 5.69 Å². The van der Waals surface area contributed by atoms with Crippen LogP contribution in [0.15, 0.2) is 84.2 Å². The Kier molecular flexibility index (Phi) is 7.63. The summed E-state index contributed by atoms with van der Waals surface area (Å²) in [6, 6.07) is 21.2. The minimum Gasteiger partial charge on any atom is -0.323 e. The maximum atomic E-state index is 13.8. The SMILES string of the molecule is Cc1ccc(NC(=O)c2c(-n3c(C)cc(/C=N\NC(=O)c4ccccc4-n4cccc4)c3C)sc3c2CCCC3)cc1. The molecule has 0 radical (unpaired) electrons. The molecule has 1 aliphatic rings. The number of amides is 2. The van der Waals surface area contributed by atoms with Gasteiger partial charge in [0.1, 0.15) is 5.00 Å². The molecule has 0 spiro atoms. The average molecular weight is 576 g/mol. The third-order valence-electron chi connectivity index (χ3n) is 7.76. The fourth-order valence-corrected chi connectivity index (χ4v) is 7.11. The average Bonchev–Trinajstić information content (AvgIpc) is 3.72. The van der Waals surface area contributed by atoms with Crippen molar-refractivity contribution in [3.63, 3.8) is 0 Å². The predicted molar refractivity (Wildman–Crippen MR) is 170 cm³/mol. The van der Waals surface area contributed by atoms with Crippen molar-refractivity contribution in [3.8, 4) is 10.7 Å². The van der Waals surface area contributed by atoms with E-state index in [4.69, 9.17) is 0 Å². The zero-order valence-electron chi connectivity index (χ0n) is 24.0. The highest BCUT2D eigenvalue weighted by atomic mass is 32.1. The van der Waals surface area contributed by atoms with E-state index < -0.39 is 0 Å². The standard InChI is InChI=1S/C34H33N5O2S/c1-22-14-16-26(17-15-22)36-33(41)31-28-11-5-7-13-30(28)42-34(31)39-23(2)20-25(24(39)3)21-35-37-32(40)27-10-4-6-12-29(27)38-18-8-9-19-38/h4,6,8-10,12,14-21H,5,7,11,13H2,1-3H3,(H,36,41)(H,37,40)/b35-21-. The van der Waals surface area contributed by atoms with Crippen LogP contribution in [0.2, 0.25) is 0 Å². The molecule has 0 bridgehead atoms. The normalized spacial score (nSPS) is 12.8. The van der Waals surface area contributed by atoms with Crippen molar-refractivity contribution in [1.29, 1.82) is 0 Å². The van der Waals surface area contributed by atoms with Gasteiger partial charge in [0.25, 0.3) is 11.8 Å². The number of nitrogens with zero attached hydrogens (tertiary/aromatic N) is 3. The summed E-state index contributed by atoms with van der Waals surface area (Å²) in [7, 11) is 0. The molecule has 0 fully saturated rings. The molecule has 5 aromatic rings. The maximum absolute atomic E-state index is 13.8. The first kappa shape index (κ1) is 27.5. The van der Waals surface area contributed by atoms with Gasteiger partial charge in [-0.2, -0.15) is 5.10 Å². The van der Waals surface area contributed by atoms with Crippen LogP contribution in [-0.4, -0.2) is 27.2 Å². The van der Waals surface area contributed by atoms with Gasteiger partial charge in [0.2, 0.25) is 0 Å². The Labute approximate surface area is 249 Å². The zero-order valence-corrected chi connectivity index (χ0v) is 24.8. The Hall–Kier alpha value is -4.69. The number of para-hydroxylation sites is 1. The highest BCUT2D eigenvalue weighted by Gasteiger charge is 2.28. The molecule has 2 aromatic carbocycles. The van der Waals surface area contributed by atoms with Gasteiger partial charge < -0.3 is 14.5 Å². The number of carbonyl (C=O) groups excluding carboxylic acids is 2. The lowest BCUT2D eigenvalue weighted by Crippen LogP contribution is -2.19. The molecule has 0 aliphatic heterocycles. The van der Waals surface area contributed by atoms with Gasteiger partial charge in [-0.1, -0.05) is 29.8 Å². The molecule has 0 saturated heterocycles. The van der Waals surface area contributed by atoms with Gasteiger partial charge >= 0.3 is 0 Å². The minimum atomic E-state index is -0.287. The first-order valence-electron chi connectivity index (χ1n) is 14.2. The number of benzene rings is 2. The second-order valence-corrected chi connectivity index (χ2v) is 11.8. The first-order valence-corrected chi connectivity index (χ1v) is 15.0. The molecular weight excluding hydrogens is 542 g/mol. The third-order valence-corrected chi connectivity index (χ3v) is 9.04. The highest BCUT2D eigenvalue weighted by Crippen LogP contribution is 2.39. The van der Waals surface area contributed by atoms with E-state index in [0.717, 1.165) is 70.1 Å². The first-order chi connectivity index (χ1) is 20.4. The second-order valence-electron chi connectivity index (χ2n) is 10.7. The lowest BCUT2D eigenvalue weighted by atomic mass is 9.95. The number of fused-ring (bicyclic) bond motifs is 1. The summed E-state index contributed by atoms with van der Waals surface area (Å²) in [6.07, 6.45) is 9.61. The van der Waals surface area contributed by atoms with Gasteiger partial charge in [-0.3, -0.25) is 9.59 Å². The maximum Gasteiger partial charge on any atom is 0.273 e. The number of hydrogen-bond donors (Lipinski definition) is 2. The molecular formula is C34H33N5O2S. The smallest absolute Gasteiger partial charge is 0.273 e. The second kappa shape index (κ2) is 11.7. The molecule has 6 rings (SSSR count). The monoisotopic (exact) mass is 575 g/mol. The number of thiophene rings is 1. The van der Waals surface area contributed by atoms with Gasteiger partial charge in [-0.05, 0) is 94.5 Å². The topological polar surface area (TPSA) is 80.4 Å². The van der Waals surface area contributed by atoms with Gasteiger partial charge in [-0.15, -0.1) is 11.3 Å². The van der Waals surface area contributed by atoms with Crippen molar-refractivity contribution >= 4 is 35.1 Å². The molecule has 212 valence electrons. The van der Waals surface area contributed by atoms with E-state index in [-0.39, 0.29) is 11.8 Å². The molecule has 0 atom stereocenters. The zero-order chi connectivity index (χ0) is 29.2. The van der Waals surface area contributed by atoms with Gasteiger partial charge in [-0.25, -0.2) is 5.43 Å². The molecule has 2 amide bonds. The Morgan fingerprint density at radius 1 is 0.905 bits per heavy atom. The van der Waals surface area contributed by atoms with E-state index in [9.17, 15) is 9.59 Å². The van der Waals surface area contributed by atoms with Crippen LogP contribution >= 0.6 is 11.3 Å². The minimum absolute atomic E-state index is 0.0791. The Balaban J connectivity index is 1.28. The fourth-order valence-electron chi connectivity index (χ4n) is 5.61. The van der Waals surface area contributed by atoms with Gasteiger partial charge in [0.15, 0.2) is 0 Å². The number of aryl methyl sites for hydroxylation is 3. The summed E-state index contributed by atoms with van der Waals surface area (Å²) in [5, 5.41) is 8.38. The number of aromatic nitrogens is 2. The van der Waals surface area contributed by atoms with E-state index in [2.05, 4.69) is 20.4 Å². The lowest BCUT2D eigenvalue weighted by molar-refractivity contribution is 0.0954. The van der Waals surface area contributed by atoms with E-state index in [0.29, 0.717) is 5.56 Å². The molecule has 7 nitrogen and oxygen atoms in total. The Morgan fingerprint density at radius 3 is 2.43 bits per heavy atom. The summed E-state index contributed by atoms with van der Waals surface area (Å²) >= 11 is 1.71. The lowest BCUT2D eigenvalue weighted by Gasteiger charge is -2.14. The summed E-state index contributed by atoms with van der Waals surface area (Å²) in [5.41, 5.74) is 10.7. The highest BCUT2D eigenvalue weighted by molar-refractivity contribution is 7.15. The van der Waals surface area contributed by atoms with E-state index >= 15 is 0 Å². The number of hydrogen-bond acceptors (Lipinski definition) is 4. The van der Waals surface area contributed by atoms with E-state index in [1.807, 2.05) is 98.4 Å². The van der Waals surface area contributed by atoms with E-state index in [1.54, 1.807) is 23.6 Å². The predicted octanol–water partition coefficient (Wildman–Crippen LogP) is 7.15. The summed E-state index contributed by atoms with van der Waals surface area (Å²) in [5.74, 6) is -0.366. The molecule has 8 heteroatoms. The molecule has 2 N–H and O–H groups in total. The fraction of sp³-hybridized carbons (Fsp3) is 0.206. The van der Waals surface area contributed by atoms with Crippen LogP contribution in [0.3, 0.4) is 0 Å². The third kappa shape index (κ3) is 5.33. The number of hydrazone groups is 1. The van der Waals surface area contributed by atoms with Gasteiger partial charge in [0.05, 0.1) is 23.0 Å². The molecule has 1 aliphatic carbocycles. The quantitative estimate of drug-likeness (QED) is 0.160. The van der Waals surface area contributed by atoms with Crippen LogP contribution in [0.1, 0.15) is 66.5 Å².